The first kappa shape index (κ1) is 19.6. The van der Waals surface area contributed by atoms with Gasteiger partial charge in [-0.2, -0.15) is 4.37 Å². The molecule has 1 saturated heterocycles. The molecule has 1 aromatic heterocycles. The van der Waals surface area contributed by atoms with Gasteiger partial charge in [0.25, 0.3) is 0 Å². The molecule has 1 aliphatic heterocycles. The fraction of sp³-hybridized carbons (Fsp3) is 0.348. The van der Waals surface area contributed by atoms with Crippen LogP contribution in [0.1, 0.15) is 40.9 Å². The smallest absolute Gasteiger partial charge is 0.247 e. The number of carbonyl (C=O) groups excluding carboxylic acids is 1. The second-order valence-electron chi connectivity index (χ2n) is 7.80. The summed E-state index contributed by atoms with van der Waals surface area (Å²) >= 11 is 1.39. The van der Waals surface area contributed by atoms with E-state index in [4.69, 9.17) is 4.98 Å². The van der Waals surface area contributed by atoms with E-state index in [0.29, 0.717) is 6.42 Å². The molecule has 0 aliphatic carbocycles. The normalized spacial score (nSPS) is 16.2. The van der Waals surface area contributed by atoms with E-state index in [-0.39, 0.29) is 11.9 Å². The first-order valence-electron chi connectivity index (χ1n) is 10.0. The molecule has 150 valence electrons. The predicted octanol–water partition coefficient (Wildman–Crippen LogP) is 4.66. The highest BCUT2D eigenvalue weighted by Crippen LogP contribution is 2.28. The van der Waals surface area contributed by atoms with E-state index < -0.39 is 0 Å². The summed E-state index contributed by atoms with van der Waals surface area (Å²) in [6, 6.07) is 14.3. The zero-order valence-electron chi connectivity index (χ0n) is 17.1. The van der Waals surface area contributed by atoms with Gasteiger partial charge in [0.05, 0.1) is 0 Å². The van der Waals surface area contributed by atoms with Crippen molar-refractivity contribution in [3.05, 3.63) is 70.5 Å². The standard InChI is InChI=1S/C23H26N4OS/c1-15-6-9-18(10-7-15)14-21-25-23(29-26-21)27-12-4-5-20(27)22(28)24-19-11-8-16(2)17(3)13-19/h6-11,13,20H,4-5,12,14H2,1-3H3,(H,24,28)/t20-/m1/s1. The molecular weight excluding hydrogens is 380 g/mol. The highest BCUT2D eigenvalue weighted by atomic mass is 32.1. The van der Waals surface area contributed by atoms with Crippen molar-refractivity contribution in [1.82, 2.24) is 9.36 Å². The van der Waals surface area contributed by atoms with E-state index in [9.17, 15) is 4.79 Å². The van der Waals surface area contributed by atoms with Gasteiger partial charge in [-0.1, -0.05) is 35.9 Å². The molecule has 2 aromatic carbocycles. The van der Waals surface area contributed by atoms with Gasteiger partial charge in [-0.15, -0.1) is 0 Å². The Morgan fingerprint density at radius 1 is 1.14 bits per heavy atom. The number of carbonyl (C=O) groups is 1. The maximum Gasteiger partial charge on any atom is 0.247 e. The number of aryl methyl sites for hydroxylation is 3. The molecule has 0 bridgehead atoms. The van der Waals surface area contributed by atoms with Crippen molar-refractivity contribution in [2.24, 2.45) is 0 Å². The van der Waals surface area contributed by atoms with E-state index >= 15 is 0 Å². The van der Waals surface area contributed by atoms with Gasteiger partial charge >= 0.3 is 0 Å². The van der Waals surface area contributed by atoms with Crippen LogP contribution < -0.4 is 10.2 Å². The number of anilines is 2. The number of benzene rings is 2. The van der Waals surface area contributed by atoms with E-state index in [1.54, 1.807) is 0 Å². The third kappa shape index (κ3) is 4.48. The topological polar surface area (TPSA) is 58.1 Å². The maximum atomic E-state index is 12.9. The van der Waals surface area contributed by atoms with Gasteiger partial charge in [0.1, 0.15) is 11.9 Å². The van der Waals surface area contributed by atoms with E-state index in [2.05, 4.69) is 59.6 Å². The zero-order valence-corrected chi connectivity index (χ0v) is 17.9. The van der Waals surface area contributed by atoms with Crippen molar-refractivity contribution < 1.29 is 4.79 Å². The number of hydrogen-bond donors (Lipinski definition) is 1. The van der Waals surface area contributed by atoms with Crippen LogP contribution in [-0.4, -0.2) is 27.9 Å². The Kier molecular flexibility index (Phi) is 5.62. The van der Waals surface area contributed by atoms with Crippen molar-refractivity contribution in [2.45, 2.75) is 46.1 Å². The maximum absolute atomic E-state index is 12.9. The molecule has 1 atom stereocenters. The summed E-state index contributed by atoms with van der Waals surface area (Å²) in [5.41, 5.74) is 5.69. The lowest BCUT2D eigenvalue weighted by Gasteiger charge is -2.22. The lowest BCUT2D eigenvalue weighted by atomic mass is 10.1. The Morgan fingerprint density at radius 3 is 2.69 bits per heavy atom. The Balaban J connectivity index is 1.45. The number of rotatable bonds is 5. The van der Waals surface area contributed by atoms with Gasteiger partial charge in [0.2, 0.25) is 11.0 Å². The molecule has 5 nitrogen and oxygen atoms in total. The Morgan fingerprint density at radius 2 is 1.93 bits per heavy atom. The van der Waals surface area contributed by atoms with Crippen LogP contribution in [-0.2, 0) is 11.2 Å². The first-order valence-corrected chi connectivity index (χ1v) is 10.8. The summed E-state index contributed by atoms with van der Waals surface area (Å²) in [5, 5.41) is 3.92. The van der Waals surface area contributed by atoms with Gasteiger partial charge in [-0.25, -0.2) is 4.98 Å². The minimum absolute atomic E-state index is 0.0287. The molecule has 1 amide bonds. The zero-order chi connectivity index (χ0) is 20.4. The Bertz CT molecular complexity index is 1010. The molecular formula is C23H26N4OS. The van der Waals surface area contributed by atoms with Crippen LogP contribution in [0.4, 0.5) is 10.8 Å². The quantitative estimate of drug-likeness (QED) is 0.669. The molecule has 0 spiro atoms. The summed E-state index contributed by atoms with van der Waals surface area (Å²) in [6.07, 6.45) is 2.53. The molecule has 29 heavy (non-hydrogen) atoms. The summed E-state index contributed by atoms with van der Waals surface area (Å²) in [7, 11) is 0. The average molecular weight is 407 g/mol. The molecule has 6 heteroatoms. The lowest BCUT2D eigenvalue weighted by molar-refractivity contribution is -0.117. The van der Waals surface area contributed by atoms with Crippen molar-refractivity contribution in [1.29, 1.82) is 0 Å². The number of nitrogens with zero attached hydrogens (tertiary/aromatic N) is 3. The van der Waals surface area contributed by atoms with Crippen LogP contribution in [0, 0.1) is 20.8 Å². The van der Waals surface area contributed by atoms with Gasteiger partial charge in [-0.3, -0.25) is 4.79 Å². The minimum Gasteiger partial charge on any atom is -0.335 e. The fourth-order valence-electron chi connectivity index (χ4n) is 3.63. The van der Waals surface area contributed by atoms with Crippen LogP contribution in [0.5, 0.6) is 0 Å². The Hall–Kier alpha value is -2.73. The minimum atomic E-state index is -0.197. The van der Waals surface area contributed by atoms with Crippen molar-refractivity contribution >= 4 is 28.3 Å². The Labute approximate surface area is 176 Å². The first-order chi connectivity index (χ1) is 14.0. The highest BCUT2D eigenvalue weighted by molar-refractivity contribution is 7.09. The van der Waals surface area contributed by atoms with Crippen molar-refractivity contribution in [3.8, 4) is 0 Å². The van der Waals surface area contributed by atoms with Gasteiger partial charge in [0.15, 0.2) is 0 Å². The molecule has 0 radical (unpaired) electrons. The SMILES string of the molecule is Cc1ccc(Cc2nsc(N3CCC[C@@H]3C(=O)Nc3ccc(C)c(C)c3)n2)cc1. The van der Waals surface area contributed by atoms with Crippen molar-refractivity contribution in [3.63, 3.8) is 0 Å². The number of hydrogen-bond acceptors (Lipinski definition) is 5. The molecule has 3 aromatic rings. The summed E-state index contributed by atoms with van der Waals surface area (Å²) in [5.74, 6) is 0.843. The van der Waals surface area contributed by atoms with Crippen LogP contribution >= 0.6 is 11.5 Å². The van der Waals surface area contributed by atoms with Gasteiger partial charge < -0.3 is 10.2 Å². The largest absolute Gasteiger partial charge is 0.335 e. The second kappa shape index (κ2) is 8.33. The molecule has 1 N–H and O–H groups in total. The van der Waals surface area contributed by atoms with E-state index in [0.717, 1.165) is 36.0 Å². The second-order valence-corrected chi connectivity index (χ2v) is 8.53. The summed E-state index contributed by atoms with van der Waals surface area (Å²) in [6.45, 7) is 7.05. The van der Waals surface area contributed by atoms with Crippen molar-refractivity contribution in [2.75, 3.05) is 16.8 Å². The summed E-state index contributed by atoms with van der Waals surface area (Å²) in [4.78, 5) is 19.8. The lowest BCUT2D eigenvalue weighted by Crippen LogP contribution is -2.39. The van der Waals surface area contributed by atoms with Crippen LogP contribution in [0.2, 0.25) is 0 Å². The molecule has 0 saturated carbocycles. The highest BCUT2D eigenvalue weighted by Gasteiger charge is 2.33. The third-order valence-electron chi connectivity index (χ3n) is 5.52. The third-order valence-corrected chi connectivity index (χ3v) is 6.31. The molecule has 0 unspecified atom stereocenters. The summed E-state index contributed by atoms with van der Waals surface area (Å²) < 4.78 is 4.53. The fourth-order valence-corrected chi connectivity index (χ4v) is 4.40. The predicted molar refractivity (Wildman–Crippen MR) is 119 cm³/mol. The van der Waals surface area contributed by atoms with E-state index in [1.165, 1.54) is 33.8 Å². The van der Waals surface area contributed by atoms with Crippen LogP contribution in [0.25, 0.3) is 0 Å². The van der Waals surface area contributed by atoms with Crippen LogP contribution in [0.3, 0.4) is 0 Å². The molecule has 2 heterocycles. The molecule has 4 rings (SSSR count). The number of nitrogens with one attached hydrogen (secondary N) is 1. The average Bonchev–Trinajstić information content (AvgIpc) is 3.36. The van der Waals surface area contributed by atoms with Gasteiger partial charge in [0, 0.05) is 30.2 Å². The molecule has 1 fully saturated rings. The molecule has 1 aliphatic rings. The van der Waals surface area contributed by atoms with Crippen LogP contribution in [0.15, 0.2) is 42.5 Å². The van der Waals surface area contributed by atoms with E-state index in [1.807, 2.05) is 18.2 Å². The monoisotopic (exact) mass is 406 g/mol. The van der Waals surface area contributed by atoms with Gasteiger partial charge in [-0.05, 0) is 62.4 Å². The number of amides is 1. The number of aromatic nitrogens is 2.